The van der Waals surface area contributed by atoms with Gasteiger partial charge in [0, 0.05) is 49.6 Å². The van der Waals surface area contributed by atoms with E-state index in [-0.39, 0.29) is 41.9 Å². The van der Waals surface area contributed by atoms with Crippen LogP contribution in [-0.4, -0.2) is 47.0 Å². The lowest BCUT2D eigenvalue weighted by Crippen LogP contribution is -2.49. The molecule has 3 rings (SSSR count). The van der Waals surface area contributed by atoms with Gasteiger partial charge in [0.15, 0.2) is 5.69 Å². The van der Waals surface area contributed by atoms with E-state index in [1.54, 1.807) is 34.1 Å². The van der Waals surface area contributed by atoms with Crippen LogP contribution in [0.5, 0.6) is 0 Å². The molecule has 0 saturated carbocycles. The van der Waals surface area contributed by atoms with Crippen LogP contribution in [0.1, 0.15) is 42.9 Å². The van der Waals surface area contributed by atoms with Gasteiger partial charge in [0.05, 0.1) is 12.5 Å². The zero-order valence-corrected chi connectivity index (χ0v) is 19.2. The smallest absolute Gasteiger partial charge is 0.353 e. The van der Waals surface area contributed by atoms with Crippen LogP contribution < -0.4 is 4.90 Å². The molecule has 2 aromatic rings. The van der Waals surface area contributed by atoms with Crippen LogP contribution in [0, 0.1) is 17.2 Å². The molecule has 0 spiro atoms. The lowest BCUT2D eigenvalue weighted by Gasteiger charge is -2.37. The summed E-state index contributed by atoms with van der Waals surface area (Å²) in [4.78, 5) is 23.9. The molecule has 1 aliphatic rings. The van der Waals surface area contributed by atoms with Crippen molar-refractivity contribution in [3.63, 3.8) is 0 Å². The largest absolute Gasteiger partial charge is 0.433 e. The molecule has 1 aromatic heterocycles. The highest BCUT2D eigenvalue weighted by atomic mass is 35.5. The second-order valence-electron chi connectivity index (χ2n) is 8.40. The van der Waals surface area contributed by atoms with Crippen molar-refractivity contribution >= 4 is 23.3 Å². The summed E-state index contributed by atoms with van der Waals surface area (Å²) >= 11 is 6.04. The first-order valence-corrected chi connectivity index (χ1v) is 11.1. The van der Waals surface area contributed by atoms with Crippen molar-refractivity contribution in [2.45, 2.75) is 39.3 Å². The number of hydrogen-bond acceptors (Lipinski definition) is 5. The summed E-state index contributed by atoms with van der Waals surface area (Å²) < 4.78 is 42.0. The quantitative estimate of drug-likeness (QED) is 0.610. The fourth-order valence-electron chi connectivity index (χ4n) is 3.82. The normalized spacial score (nSPS) is 14.5. The van der Waals surface area contributed by atoms with Crippen LogP contribution in [0.15, 0.2) is 24.3 Å². The molecule has 1 aliphatic heterocycles. The van der Waals surface area contributed by atoms with Crippen molar-refractivity contribution in [3.05, 3.63) is 51.9 Å². The number of nitrogens with zero attached hydrogens (tertiary/aromatic N) is 5. The Labute approximate surface area is 196 Å². The van der Waals surface area contributed by atoms with Crippen molar-refractivity contribution < 1.29 is 18.0 Å². The Balaban J connectivity index is 1.99. The Morgan fingerprint density at radius 3 is 2.48 bits per heavy atom. The molecule has 0 atom stereocenters. The molecule has 6 nitrogen and oxygen atoms in total. The van der Waals surface area contributed by atoms with Crippen LogP contribution in [0.4, 0.5) is 19.0 Å². The zero-order chi connectivity index (χ0) is 24.2. The van der Waals surface area contributed by atoms with Gasteiger partial charge in [0.2, 0.25) is 5.91 Å². The Kier molecular flexibility index (Phi) is 7.80. The van der Waals surface area contributed by atoms with Crippen LogP contribution in [0.3, 0.4) is 0 Å². The third-order valence-electron chi connectivity index (χ3n) is 5.32. The van der Waals surface area contributed by atoms with Gasteiger partial charge >= 0.3 is 6.18 Å². The highest BCUT2D eigenvalue weighted by Crippen LogP contribution is 2.36. The maximum Gasteiger partial charge on any atom is 0.433 e. The fraction of sp³-hybridized carbons (Fsp3) is 0.478. The minimum Gasteiger partial charge on any atom is -0.353 e. The van der Waals surface area contributed by atoms with Gasteiger partial charge in [-0.05, 0) is 23.6 Å². The number of halogens is 4. The van der Waals surface area contributed by atoms with E-state index in [0.717, 1.165) is 0 Å². The first-order valence-electron chi connectivity index (χ1n) is 10.7. The van der Waals surface area contributed by atoms with Gasteiger partial charge in [0.1, 0.15) is 11.6 Å². The maximum atomic E-state index is 14.0. The molecule has 0 bridgehead atoms. The number of hydrogen-bond donors (Lipinski definition) is 0. The lowest BCUT2D eigenvalue weighted by molar-refractivity contribution is -0.142. The number of benzene rings is 1. The molecule has 1 aromatic carbocycles. The van der Waals surface area contributed by atoms with Gasteiger partial charge in [-0.25, -0.2) is 9.97 Å². The zero-order valence-electron chi connectivity index (χ0n) is 18.5. The Morgan fingerprint density at radius 2 is 1.91 bits per heavy atom. The third kappa shape index (κ3) is 6.35. The van der Waals surface area contributed by atoms with Crippen LogP contribution >= 0.6 is 11.6 Å². The molecule has 1 amide bonds. The molecule has 10 heteroatoms. The predicted molar refractivity (Wildman–Crippen MR) is 119 cm³/mol. The summed E-state index contributed by atoms with van der Waals surface area (Å²) in [7, 11) is 0. The second-order valence-corrected chi connectivity index (χ2v) is 8.83. The standard InChI is InChI=1S/C23H25ClF3N5O/c1-15(2)12-20(33)31-8-10-32(11-9-31)22-18(14-16-4-3-5-17(24)13-16)21(23(25,26)27)29-19(30-22)6-7-28/h3-5,13,15H,6,8-12,14H2,1-2H3. The molecular formula is C23H25ClF3N5O. The molecule has 1 saturated heterocycles. The summed E-state index contributed by atoms with van der Waals surface area (Å²) in [6.07, 6.45) is -4.69. The van der Waals surface area contributed by atoms with E-state index in [1.807, 2.05) is 19.9 Å². The Hall–Kier alpha value is -2.86. The predicted octanol–water partition coefficient (Wildman–Crippen LogP) is 4.50. The molecule has 1 fully saturated rings. The average molecular weight is 480 g/mol. The highest BCUT2D eigenvalue weighted by molar-refractivity contribution is 6.30. The summed E-state index contributed by atoms with van der Waals surface area (Å²) in [5.41, 5.74) is -0.513. The monoisotopic (exact) mass is 479 g/mol. The SMILES string of the molecule is CC(C)CC(=O)N1CCN(c2nc(CC#N)nc(C(F)(F)F)c2Cc2cccc(Cl)c2)CC1. The molecule has 0 aliphatic carbocycles. The van der Waals surface area contributed by atoms with Crippen molar-refractivity contribution in [1.29, 1.82) is 5.26 Å². The van der Waals surface area contributed by atoms with Crippen molar-refractivity contribution in [2.24, 2.45) is 5.92 Å². The second kappa shape index (κ2) is 10.4. The van der Waals surface area contributed by atoms with Crippen LogP contribution in [0.2, 0.25) is 5.02 Å². The average Bonchev–Trinajstić information content (AvgIpc) is 2.73. The van der Waals surface area contributed by atoms with E-state index in [4.69, 9.17) is 16.9 Å². The number of aromatic nitrogens is 2. The van der Waals surface area contributed by atoms with Gasteiger partial charge in [-0.15, -0.1) is 0 Å². The van der Waals surface area contributed by atoms with Crippen molar-refractivity contribution in [3.8, 4) is 6.07 Å². The number of alkyl halides is 3. The molecular weight excluding hydrogens is 455 g/mol. The van der Waals surface area contributed by atoms with Crippen molar-refractivity contribution in [2.75, 3.05) is 31.1 Å². The van der Waals surface area contributed by atoms with Gasteiger partial charge < -0.3 is 9.80 Å². The topological polar surface area (TPSA) is 73.1 Å². The number of amides is 1. The number of anilines is 1. The summed E-state index contributed by atoms with van der Waals surface area (Å²) in [5.74, 6) is 0.240. The first kappa shape index (κ1) is 24.8. The van der Waals surface area contributed by atoms with E-state index in [9.17, 15) is 18.0 Å². The fourth-order valence-corrected chi connectivity index (χ4v) is 4.04. The molecule has 0 N–H and O–H groups in total. The van der Waals surface area contributed by atoms with E-state index in [0.29, 0.717) is 43.2 Å². The minimum absolute atomic E-state index is 0.0349. The van der Waals surface area contributed by atoms with Gasteiger partial charge in [-0.1, -0.05) is 37.6 Å². The van der Waals surface area contributed by atoms with Gasteiger partial charge in [-0.2, -0.15) is 18.4 Å². The van der Waals surface area contributed by atoms with E-state index in [1.165, 1.54) is 0 Å². The summed E-state index contributed by atoms with van der Waals surface area (Å²) in [6.45, 7) is 5.39. The lowest BCUT2D eigenvalue weighted by atomic mass is 10.0. The molecule has 176 valence electrons. The number of rotatable bonds is 6. The molecule has 33 heavy (non-hydrogen) atoms. The Bertz CT molecular complexity index is 1040. The molecule has 2 heterocycles. The highest BCUT2D eigenvalue weighted by Gasteiger charge is 2.39. The third-order valence-corrected chi connectivity index (χ3v) is 5.56. The maximum absolute atomic E-state index is 14.0. The molecule has 0 radical (unpaired) electrons. The van der Waals surface area contributed by atoms with Crippen LogP contribution in [-0.2, 0) is 23.8 Å². The number of carbonyl (C=O) groups excluding carboxylic acids is 1. The minimum atomic E-state index is -4.72. The van der Waals surface area contributed by atoms with Crippen molar-refractivity contribution in [1.82, 2.24) is 14.9 Å². The number of carbonyl (C=O) groups is 1. The summed E-state index contributed by atoms with van der Waals surface area (Å²) in [6, 6.07) is 8.46. The summed E-state index contributed by atoms with van der Waals surface area (Å²) in [5, 5.41) is 9.45. The first-order chi connectivity index (χ1) is 15.6. The van der Waals surface area contributed by atoms with Gasteiger partial charge in [-0.3, -0.25) is 4.79 Å². The number of piperazine rings is 1. The van der Waals surface area contributed by atoms with E-state index >= 15 is 0 Å². The van der Waals surface area contributed by atoms with Crippen LogP contribution in [0.25, 0.3) is 0 Å². The Morgan fingerprint density at radius 1 is 1.21 bits per heavy atom. The number of nitriles is 1. The molecule has 0 unspecified atom stereocenters. The van der Waals surface area contributed by atoms with Gasteiger partial charge in [0.25, 0.3) is 0 Å². The van der Waals surface area contributed by atoms with E-state index in [2.05, 4.69) is 9.97 Å². The van der Waals surface area contributed by atoms with E-state index < -0.39 is 11.9 Å².